The number of piperazine rings is 2. The summed E-state index contributed by atoms with van der Waals surface area (Å²) in [7, 11) is -3.55. The molecule has 2 amide bonds. The van der Waals surface area contributed by atoms with Crippen molar-refractivity contribution in [3.63, 3.8) is 0 Å². The first kappa shape index (κ1) is 25.1. The first-order valence-corrected chi connectivity index (χ1v) is 14.1. The molecule has 2 aliphatic heterocycles. The van der Waals surface area contributed by atoms with Crippen LogP contribution in [0.4, 0.5) is 0 Å². The van der Waals surface area contributed by atoms with Crippen molar-refractivity contribution < 1.29 is 18.0 Å². The first-order chi connectivity index (χ1) is 16.3. The lowest BCUT2D eigenvalue weighted by Gasteiger charge is -2.38. The van der Waals surface area contributed by atoms with E-state index in [2.05, 4.69) is 4.90 Å². The maximum atomic E-state index is 13.0. The van der Waals surface area contributed by atoms with Crippen LogP contribution in [0.25, 0.3) is 0 Å². The number of carbonyl (C=O) groups excluding carboxylic acids is 2. The second-order valence-corrected chi connectivity index (χ2v) is 11.9. The first-order valence-electron chi connectivity index (χ1n) is 12.6. The average molecular weight is 491 g/mol. The number of benzene rings is 1. The summed E-state index contributed by atoms with van der Waals surface area (Å²) in [6, 6.07) is 5.22. The van der Waals surface area contributed by atoms with Crippen molar-refractivity contribution >= 4 is 21.8 Å². The number of amides is 2. The van der Waals surface area contributed by atoms with Gasteiger partial charge in [-0.3, -0.25) is 14.5 Å². The molecule has 3 aliphatic rings. The Balaban J connectivity index is 1.23. The molecule has 0 spiro atoms. The number of rotatable bonds is 5. The summed E-state index contributed by atoms with van der Waals surface area (Å²) < 4.78 is 27.5. The van der Waals surface area contributed by atoms with E-state index in [-0.39, 0.29) is 11.8 Å². The highest BCUT2D eigenvalue weighted by atomic mass is 32.2. The topological polar surface area (TPSA) is 81.2 Å². The van der Waals surface area contributed by atoms with E-state index in [1.54, 1.807) is 17.0 Å². The molecule has 9 heteroatoms. The molecule has 4 rings (SSSR count). The largest absolute Gasteiger partial charge is 0.340 e. The predicted molar refractivity (Wildman–Crippen MR) is 131 cm³/mol. The van der Waals surface area contributed by atoms with Gasteiger partial charge in [0.1, 0.15) is 0 Å². The van der Waals surface area contributed by atoms with E-state index >= 15 is 0 Å². The molecule has 0 bridgehead atoms. The normalized spacial score (nSPS) is 21.6. The summed E-state index contributed by atoms with van der Waals surface area (Å²) in [4.78, 5) is 31.8. The molecule has 0 atom stereocenters. The SMILES string of the molecule is Cc1ccc(S(=O)(=O)N2CCN(C(=O)CN3CCN(C(=O)C4CCCCC4)CC3)CC2)cc1C. The van der Waals surface area contributed by atoms with Crippen LogP contribution in [-0.4, -0.2) is 98.1 Å². The average Bonchev–Trinajstić information content (AvgIpc) is 2.86. The van der Waals surface area contributed by atoms with Gasteiger partial charge in [0.2, 0.25) is 21.8 Å². The molecule has 0 aromatic heterocycles. The summed E-state index contributed by atoms with van der Waals surface area (Å²) in [5.41, 5.74) is 2.02. The van der Waals surface area contributed by atoms with Gasteiger partial charge in [-0.05, 0) is 49.9 Å². The summed E-state index contributed by atoms with van der Waals surface area (Å²) in [5.74, 6) is 0.528. The fourth-order valence-electron chi connectivity index (χ4n) is 5.23. The Morgan fingerprint density at radius 2 is 1.44 bits per heavy atom. The molecule has 1 aliphatic carbocycles. The van der Waals surface area contributed by atoms with Crippen LogP contribution in [0.3, 0.4) is 0 Å². The quantitative estimate of drug-likeness (QED) is 0.629. The molecule has 34 heavy (non-hydrogen) atoms. The number of nitrogens with zero attached hydrogens (tertiary/aromatic N) is 4. The monoisotopic (exact) mass is 490 g/mol. The van der Waals surface area contributed by atoms with Crippen molar-refractivity contribution in [1.29, 1.82) is 0 Å². The fourth-order valence-corrected chi connectivity index (χ4v) is 6.73. The Morgan fingerprint density at radius 3 is 2.06 bits per heavy atom. The zero-order chi connectivity index (χ0) is 24.3. The van der Waals surface area contributed by atoms with Gasteiger partial charge in [0.15, 0.2) is 0 Å². The maximum absolute atomic E-state index is 13.0. The standard InChI is InChI=1S/C25H38N4O4S/c1-20-8-9-23(18-21(20)2)34(32,33)29-16-14-27(15-17-29)24(30)19-26-10-12-28(13-11-26)25(31)22-6-4-3-5-7-22/h8-9,18,22H,3-7,10-17,19H2,1-2H3. The molecular weight excluding hydrogens is 452 g/mol. The Labute approximate surface area is 203 Å². The number of sulfonamides is 1. The molecule has 3 fully saturated rings. The minimum absolute atomic E-state index is 0.0373. The highest BCUT2D eigenvalue weighted by Crippen LogP contribution is 2.26. The molecule has 2 heterocycles. The second-order valence-electron chi connectivity index (χ2n) is 9.97. The van der Waals surface area contributed by atoms with Gasteiger partial charge in [0.25, 0.3) is 0 Å². The molecular formula is C25H38N4O4S. The van der Waals surface area contributed by atoms with E-state index in [0.717, 1.165) is 36.8 Å². The molecule has 0 radical (unpaired) electrons. The van der Waals surface area contributed by atoms with Crippen LogP contribution in [0.5, 0.6) is 0 Å². The summed E-state index contributed by atoms with van der Waals surface area (Å²) in [6.07, 6.45) is 5.59. The molecule has 1 aromatic carbocycles. The van der Waals surface area contributed by atoms with Crippen LogP contribution in [0.15, 0.2) is 23.1 Å². The third-order valence-corrected chi connectivity index (χ3v) is 9.60. The Morgan fingerprint density at radius 1 is 0.824 bits per heavy atom. The second kappa shape index (κ2) is 10.7. The molecule has 2 saturated heterocycles. The predicted octanol–water partition coefficient (Wildman–Crippen LogP) is 1.86. The van der Waals surface area contributed by atoms with Crippen LogP contribution in [0.2, 0.25) is 0 Å². The number of hydrogen-bond acceptors (Lipinski definition) is 5. The lowest BCUT2D eigenvalue weighted by Crippen LogP contribution is -2.55. The zero-order valence-electron chi connectivity index (χ0n) is 20.5. The Kier molecular flexibility index (Phi) is 7.94. The van der Waals surface area contributed by atoms with Crippen molar-refractivity contribution in [2.24, 2.45) is 5.92 Å². The number of carbonyl (C=O) groups is 2. The van der Waals surface area contributed by atoms with Crippen LogP contribution in [0.1, 0.15) is 43.2 Å². The zero-order valence-corrected chi connectivity index (χ0v) is 21.4. The maximum Gasteiger partial charge on any atom is 0.243 e. The van der Waals surface area contributed by atoms with Gasteiger partial charge in [-0.25, -0.2) is 8.42 Å². The van der Waals surface area contributed by atoms with Gasteiger partial charge in [-0.1, -0.05) is 25.3 Å². The fraction of sp³-hybridized carbons (Fsp3) is 0.680. The van der Waals surface area contributed by atoms with Crippen LogP contribution in [-0.2, 0) is 19.6 Å². The molecule has 0 unspecified atom stereocenters. The molecule has 1 aromatic rings. The van der Waals surface area contributed by atoms with Crippen LogP contribution in [0, 0.1) is 19.8 Å². The Hall–Kier alpha value is -1.97. The van der Waals surface area contributed by atoms with Gasteiger partial charge in [-0.15, -0.1) is 0 Å². The van der Waals surface area contributed by atoms with Crippen molar-refractivity contribution in [2.75, 3.05) is 58.9 Å². The van der Waals surface area contributed by atoms with Gasteiger partial charge < -0.3 is 9.80 Å². The van der Waals surface area contributed by atoms with E-state index < -0.39 is 10.0 Å². The van der Waals surface area contributed by atoms with Gasteiger partial charge in [0, 0.05) is 58.3 Å². The number of hydrogen-bond donors (Lipinski definition) is 0. The van der Waals surface area contributed by atoms with Crippen molar-refractivity contribution in [2.45, 2.75) is 50.8 Å². The van der Waals surface area contributed by atoms with Crippen LogP contribution >= 0.6 is 0 Å². The molecule has 188 valence electrons. The summed E-state index contributed by atoms with van der Waals surface area (Å²) in [6.45, 7) is 8.43. The molecule has 8 nitrogen and oxygen atoms in total. The minimum Gasteiger partial charge on any atom is -0.340 e. The molecule has 0 N–H and O–H groups in total. The van der Waals surface area contributed by atoms with Crippen molar-refractivity contribution in [1.82, 2.24) is 19.0 Å². The summed E-state index contributed by atoms with van der Waals surface area (Å²) in [5, 5.41) is 0. The van der Waals surface area contributed by atoms with E-state index in [1.165, 1.54) is 10.7 Å². The number of aryl methyl sites for hydroxylation is 2. The third-order valence-electron chi connectivity index (χ3n) is 7.70. The van der Waals surface area contributed by atoms with E-state index in [0.29, 0.717) is 69.7 Å². The van der Waals surface area contributed by atoms with E-state index in [9.17, 15) is 18.0 Å². The third kappa shape index (κ3) is 5.63. The van der Waals surface area contributed by atoms with Gasteiger partial charge in [0.05, 0.1) is 11.4 Å². The van der Waals surface area contributed by atoms with Gasteiger partial charge in [-0.2, -0.15) is 4.31 Å². The lowest BCUT2D eigenvalue weighted by molar-refractivity contribution is -0.139. The van der Waals surface area contributed by atoms with E-state index in [1.807, 2.05) is 24.8 Å². The lowest BCUT2D eigenvalue weighted by atomic mass is 9.88. The van der Waals surface area contributed by atoms with Gasteiger partial charge >= 0.3 is 0 Å². The highest BCUT2D eigenvalue weighted by Gasteiger charge is 2.32. The smallest absolute Gasteiger partial charge is 0.243 e. The summed E-state index contributed by atoms with van der Waals surface area (Å²) >= 11 is 0. The van der Waals surface area contributed by atoms with Crippen LogP contribution < -0.4 is 0 Å². The van der Waals surface area contributed by atoms with Crippen molar-refractivity contribution in [3.8, 4) is 0 Å². The molecule has 1 saturated carbocycles. The minimum atomic E-state index is -3.55. The van der Waals surface area contributed by atoms with E-state index in [4.69, 9.17) is 0 Å². The Bertz CT molecular complexity index is 990. The highest BCUT2D eigenvalue weighted by molar-refractivity contribution is 7.89. The van der Waals surface area contributed by atoms with Crippen molar-refractivity contribution in [3.05, 3.63) is 29.3 Å².